The van der Waals surface area contributed by atoms with E-state index in [0.717, 1.165) is 63.6 Å². The molecule has 2 aliphatic heterocycles. The van der Waals surface area contributed by atoms with Crippen LogP contribution in [-0.4, -0.2) is 70.4 Å². The summed E-state index contributed by atoms with van der Waals surface area (Å²) in [5.41, 5.74) is 2.88. The number of nitrogens with one attached hydrogen (secondary N) is 2. The number of aromatic amines is 1. The van der Waals surface area contributed by atoms with Crippen LogP contribution in [0, 0.1) is 5.82 Å². The molecule has 0 radical (unpaired) electrons. The van der Waals surface area contributed by atoms with Crippen molar-refractivity contribution in [3.8, 4) is 11.4 Å². The predicted molar refractivity (Wildman–Crippen MR) is 128 cm³/mol. The van der Waals surface area contributed by atoms with E-state index in [4.69, 9.17) is 9.47 Å². The molecule has 0 bridgehead atoms. The summed E-state index contributed by atoms with van der Waals surface area (Å²) in [6.07, 6.45) is 5.83. The maximum absolute atomic E-state index is 14.6. The Balaban J connectivity index is 1.23. The average Bonchev–Trinajstić information content (AvgIpc) is 3.36. The van der Waals surface area contributed by atoms with E-state index in [1.807, 2.05) is 12.1 Å². The lowest BCUT2D eigenvalue weighted by Gasteiger charge is -2.26. The molecule has 0 aliphatic carbocycles. The van der Waals surface area contributed by atoms with Crippen molar-refractivity contribution in [2.45, 2.75) is 38.2 Å². The number of ether oxygens (including phenoxy) is 2. The van der Waals surface area contributed by atoms with Gasteiger partial charge in [0.2, 0.25) is 5.95 Å². The van der Waals surface area contributed by atoms with Crippen LogP contribution in [0.5, 0.6) is 0 Å². The van der Waals surface area contributed by atoms with Gasteiger partial charge in [-0.05, 0) is 43.9 Å². The lowest BCUT2D eigenvalue weighted by Crippen LogP contribution is -2.37. The van der Waals surface area contributed by atoms with Crippen molar-refractivity contribution in [3.63, 3.8) is 0 Å². The number of rotatable bonds is 7. The van der Waals surface area contributed by atoms with E-state index in [2.05, 4.69) is 49.2 Å². The molecular weight excluding hydrogens is 435 g/mol. The molecule has 9 heteroatoms. The van der Waals surface area contributed by atoms with Gasteiger partial charge in [-0.2, -0.15) is 0 Å². The summed E-state index contributed by atoms with van der Waals surface area (Å²) < 4.78 is 25.6. The maximum atomic E-state index is 14.6. The molecule has 1 aromatic carbocycles. The number of imidazole rings is 1. The van der Waals surface area contributed by atoms with Crippen molar-refractivity contribution in [1.29, 1.82) is 0 Å². The van der Waals surface area contributed by atoms with E-state index in [0.29, 0.717) is 18.2 Å². The first-order chi connectivity index (χ1) is 16.6. The van der Waals surface area contributed by atoms with Gasteiger partial charge in [0.25, 0.3) is 0 Å². The summed E-state index contributed by atoms with van der Waals surface area (Å²) >= 11 is 0. The molecule has 0 saturated carbocycles. The third kappa shape index (κ3) is 5.60. The normalized spacial score (nSPS) is 21.5. The Labute approximate surface area is 198 Å². The fourth-order valence-electron chi connectivity index (χ4n) is 4.52. The lowest BCUT2D eigenvalue weighted by atomic mass is 9.96. The number of nitrogens with zero attached hydrogens (tertiary/aromatic N) is 4. The molecule has 34 heavy (non-hydrogen) atoms. The minimum atomic E-state index is -0.487. The quantitative estimate of drug-likeness (QED) is 0.546. The van der Waals surface area contributed by atoms with Gasteiger partial charge in [-0.25, -0.2) is 19.3 Å². The van der Waals surface area contributed by atoms with E-state index in [9.17, 15) is 4.39 Å². The molecule has 4 heterocycles. The van der Waals surface area contributed by atoms with Crippen molar-refractivity contribution < 1.29 is 13.9 Å². The van der Waals surface area contributed by atoms with E-state index in [-0.39, 0.29) is 17.7 Å². The Kier molecular flexibility index (Phi) is 7.13. The summed E-state index contributed by atoms with van der Waals surface area (Å²) in [5.74, 6) is 0.986. The predicted octanol–water partition coefficient (Wildman–Crippen LogP) is 3.91. The van der Waals surface area contributed by atoms with E-state index in [1.54, 1.807) is 6.20 Å². The van der Waals surface area contributed by atoms with Gasteiger partial charge < -0.3 is 19.8 Å². The lowest BCUT2D eigenvalue weighted by molar-refractivity contribution is 0.0174. The Hall–Kier alpha value is -2.88. The molecule has 5 rings (SSSR count). The van der Waals surface area contributed by atoms with Crippen LogP contribution in [0.25, 0.3) is 11.4 Å². The second-order valence-corrected chi connectivity index (χ2v) is 9.00. The minimum Gasteiger partial charge on any atom is -0.379 e. The zero-order chi connectivity index (χ0) is 23.3. The largest absolute Gasteiger partial charge is 0.379 e. The van der Waals surface area contributed by atoms with Crippen LogP contribution in [-0.2, 0) is 15.9 Å². The fraction of sp³-hybridized carbons (Fsp3) is 0.480. The molecule has 2 atom stereocenters. The molecule has 2 N–H and O–H groups in total. The highest BCUT2D eigenvalue weighted by Crippen LogP contribution is 2.30. The molecule has 3 aromatic rings. The Morgan fingerprint density at radius 1 is 1.12 bits per heavy atom. The maximum Gasteiger partial charge on any atom is 0.227 e. The number of halogens is 1. The highest BCUT2D eigenvalue weighted by Gasteiger charge is 2.24. The van der Waals surface area contributed by atoms with Crippen LogP contribution in [0.4, 0.5) is 16.0 Å². The summed E-state index contributed by atoms with van der Waals surface area (Å²) in [6, 6.07) is 8.20. The molecule has 0 spiro atoms. The zero-order valence-corrected chi connectivity index (χ0v) is 19.5. The Morgan fingerprint density at radius 2 is 1.94 bits per heavy atom. The van der Waals surface area contributed by atoms with Gasteiger partial charge in [-0.15, -0.1) is 0 Å². The molecule has 8 nitrogen and oxygen atoms in total. The minimum absolute atomic E-state index is 0.199. The van der Waals surface area contributed by atoms with Gasteiger partial charge in [0.05, 0.1) is 37.4 Å². The molecule has 180 valence electrons. The van der Waals surface area contributed by atoms with E-state index >= 15 is 0 Å². The fourth-order valence-corrected chi connectivity index (χ4v) is 4.52. The molecule has 2 aromatic heterocycles. The van der Waals surface area contributed by atoms with Gasteiger partial charge in [0.1, 0.15) is 11.5 Å². The first kappa shape index (κ1) is 22.9. The number of benzene rings is 1. The summed E-state index contributed by atoms with van der Waals surface area (Å²) in [7, 11) is 0. The summed E-state index contributed by atoms with van der Waals surface area (Å²) in [6.45, 7) is 7.43. The van der Waals surface area contributed by atoms with Crippen LogP contribution in [0.3, 0.4) is 0 Å². The van der Waals surface area contributed by atoms with Crippen molar-refractivity contribution in [2.24, 2.45) is 0 Å². The highest BCUT2D eigenvalue weighted by atomic mass is 19.1. The highest BCUT2D eigenvalue weighted by molar-refractivity contribution is 5.59. The Bertz CT molecular complexity index is 1080. The molecule has 2 aliphatic rings. The second-order valence-electron chi connectivity index (χ2n) is 9.00. The van der Waals surface area contributed by atoms with Crippen molar-refractivity contribution in [3.05, 3.63) is 53.9 Å². The molecule has 2 fully saturated rings. The number of aromatic nitrogens is 4. The smallest absolute Gasteiger partial charge is 0.227 e. The Morgan fingerprint density at radius 3 is 2.74 bits per heavy atom. The second kappa shape index (κ2) is 10.6. The number of anilines is 2. The van der Waals surface area contributed by atoms with Crippen molar-refractivity contribution in [2.75, 3.05) is 44.8 Å². The molecule has 0 amide bonds. The van der Waals surface area contributed by atoms with E-state index in [1.165, 1.54) is 11.8 Å². The molecule has 2 unspecified atom stereocenters. The van der Waals surface area contributed by atoms with Crippen LogP contribution in [0.1, 0.15) is 37.1 Å². The first-order valence-corrected chi connectivity index (χ1v) is 12.0. The van der Waals surface area contributed by atoms with Crippen molar-refractivity contribution in [1.82, 2.24) is 24.8 Å². The van der Waals surface area contributed by atoms with Crippen LogP contribution in [0.15, 0.2) is 36.7 Å². The van der Waals surface area contributed by atoms with Gasteiger partial charge in [0, 0.05) is 37.8 Å². The van der Waals surface area contributed by atoms with Crippen LogP contribution >= 0.6 is 0 Å². The monoisotopic (exact) mass is 466 g/mol. The standard InChI is InChI=1S/C25H31FN6O2/c1-17-14-19(7-11-34-17)24-27-16-22(30-24)23-21(26)15-28-25(31-23)29-20-4-2-18(3-5-20)6-8-32-9-12-33-13-10-32/h2-5,15-17,19H,6-14H2,1H3,(H,27,30)(H,28,29,31). The number of hydrogen-bond donors (Lipinski definition) is 2. The van der Waals surface area contributed by atoms with Gasteiger partial charge in [0.15, 0.2) is 5.82 Å². The third-order valence-electron chi connectivity index (χ3n) is 6.50. The van der Waals surface area contributed by atoms with Crippen LogP contribution < -0.4 is 5.32 Å². The van der Waals surface area contributed by atoms with Crippen LogP contribution in [0.2, 0.25) is 0 Å². The summed E-state index contributed by atoms with van der Waals surface area (Å²) in [4.78, 5) is 18.7. The molecule has 2 saturated heterocycles. The number of morpholine rings is 1. The SMILES string of the molecule is CC1CC(c2ncc(-c3nc(Nc4ccc(CCN5CCOCC5)cc4)ncc3F)[nH]2)CCO1. The average molecular weight is 467 g/mol. The molecular formula is C25H31FN6O2. The van der Waals surface area contributed by atoms with E-state index < -0.39 is 5.82 Å². The topological polar surface area (TPSA) is 88.2 Å². The zero-order valence-electron chi connectivity index (χ0n) is 19.5. The number of H-pyrrole nitrogens is 1. The van der Waals surface area contributed by atoms with Gasteiger partial charge in [-0.3, -0.25) is 4.90 Å². The summed E-state index contributed by atoms with van der Waals surface area (Å²) in [5, 5.41) is 3.18. The van der Waals surface area contributed by atoms with Gasteiger partial charge >= 0.3 is 0 Å². The van der Waals surface area contributed by atoms with Gasteiger partial charge in [-0.1, -0.05) is 12.1 Å². The van der Waals surface area contributed by atoms with Crippen molar-refractivity contribution >= 4 is 11.6 Å². The third-order valence-corrected chi connectivity index (χ3v) is 6.50. The number of hydrogen-bond acceptors (Lipinski definition) is 7. The first-order valence-electron chi connectivity index (χ1n) is 12.0.